The Kier molecular flexibility index (Phi) is 8.81. The van der Waals surface area contributed by atoms with Crippen LogP contribution in [0.5, 0.6) is 0 Å². The van der Waals surface area contributed by atoms with E-state index in [1.54, 1.807) is 0 Å². The van der Waals surface area contributed by atoms with E-state index in [1.807, 2.05) is 19.1 Å². The minimum Gasteiger partial charge on any atom is -0.396 e. The normalized spacial score (nSPS) is 20.4. The number of ether oxygens (including phenoxy) is 1. The maximum absolute atomic E-state index is 13.8. The van der Waals surface area contributed by atoms with Crippen LogP contribution in [-0.2, 0) is 11.2 Å². The quantitative estimate of drug-likeness (QED) is 0.320. The Morgan fingerprint density at radius 2 is 2.27 bits per heavy atom. The molecule has 0 aliphatic carbocycles. The van der Waals surface area contributed by atoms with Crippen LogP contribution in [0.1, 0.15) is 31.7 Å². The van der Waals surface area contributed by atoms with Crippen molar-refractivity contribution in [3.63, 3.8) is 0 Å². The van der Waals surface area contributed by atoms with E-state index in [1.165, 1.54) is 6.07 Å². The molecule has 1 atom stereocenters. The molecular weight excluding hydrogens is 401 g/mol. The molecule has 146 valence electrons. The van der Waals surface area contributed by atoms with Crippen LogP contribution >= 0.6 is 15.9 Å². The Morgan fingerprint density at radius 1 is 1.42 bits per heavy atom. The lowest BCUT2D eigenvalue weighted by Crippen LogP contribution is -2.39. The minimum atomic E-state index is -0.174. The number of nitrogens with zero attached hydrogens (tertiary/aromatic N) is 1. The molecule has 5 nitrogen and oxygen atoms in total. The van der Waals surface area contributed by atoms with Crippen molar-refractivity contribution in [3.8, 4) is 0 Å². The molecular formula is C19H29BrFN3O2. The second kappa shape index (κ2) is 10.8. The van der Waals surface area contributed by atoms with Gasteiger partial charge in [0.25, 0.3) is 0 Å². The van der Waals surface area contributed by atoms with Gasteiger partial charge in [0.1, 0.15) is 5.82 Å². The van der Waals surface area contributed by atoms with Crippen LogP contribution in [-0.4, -0.2) is 50.5 Å². The van der Waals surface area contributed by atoms with Gasteiger partial charge in [0.15, 0.2) is 5.96 Å². The van der Waals surface area contributed by atoms with E-state index in [9.17, 15) is 9.50 Å². The summed E-state index contributed by atoms with van der Waals surface area (Å²) in [4.78, 5) is 4.68. The van der Waals surface area contributed by atoms with Crippen molar-refractivity contribution in [1.82, 2.24) is 10.6 Å². The van der Waals surface area contributed by atoms with Crippen molar-refractivity contribution in [3.05, 3.63) is 34.1 Å². The van der Waals surface area contributed by atoms with Gasteiger partial charge in [0.2, 0.25) is 0 Å². The maximum Gasteiger partial charge on any atom is 0.191 e. The first-order chi connectivity index (χ1) is 12.6. The molecule has 1 aromatic carbocycles. The van der Waals surface area contributed by atoms with Gasteiger partial charge in [-0.05, 0) is 50.3 Å². The van der Waals surface area contributed by atoms with Gasteiger partial charge in [-0.3, -0.25) is 4.99 Å². The largest absolute Gasteiger partial charge is 0.396 e. The molecule has 1 heterocycles. The van der Waals surface area contributed by atoms with Crippen molar-refractivity contribution < 1.29 is 14.2 Å². The number of aliphatic hydroxyl groups excluding tert-OH is 1. The van der Waals surface area contributed by atoms with Crippen molar-refractivity contribution in [2.24, 2.45) is 10.4 Å². The third kappa shape index (κ3) is 6.52. The Hall–Kier alpha value is -1.18. The molecule has 1 aliphatic heterocycles. The predicted molar refractivity (Wildman–Crippen MR) is 106 cm³/mol. The zero-order valence-corrected chi connectivity index (χ0v) is 16.9. The van der Waals surface area contributed by atoms with E-state index in [0.717, 1.165) is 42.0 Å². The van der Waals surface area contributed by atoms with E-state index < -0.39 is 0 Å². The summed E-state index contributed by atoms with van der Waals surface area (Å²) in [7, 11) is 0. The zero-order valence-electron chi connectivity index (χ0n) is 15.4. The predicted octanol–water partition coefficient (Wildman–Crippen LogP) is 2.87. The van der Waals surface area contributed by atoms with Gasteiger partial charge in [0.05, 0.1) is 13.2 Å². The minimum absolute atomic E-state index is 0.0579. The lowest BCUT2D eigenvalue weighted by molar-refractivity contribution is 0.131. The smallest absolute Gasteiger partial charge is 0.191 e. The number of guanidine groups is 1. The van der Waals surface area contributed by atoms with Gasteiger partial charge in [-0.15, -0.1) is 0 Å². The molecule has 2 rings (SSSR count). The Balaban J connectivity index is 1.83. The fraction of sp³-hybridized carbons (Fsp3) is 0.632. The molecule has 0 radical (unpaired) electrons. The lowest BCUT2D eigenvalue weighted by atomic mass is 9.84. The standard InChI is InChI=1S/C19H29BrFN3O2/c1-2-22-18(24-13-19(7-10-25)8-11-26-14-19)23-9-3-4-15-5-6-16(20)12-17(15)21/h5-6,12,25H,2-4,7-11,13-14H2,1H3,(H2,22,23,24). The third-order valence-corrected chi connectivity index (χ3v) is 5.17. The molecule has 1 fully saturated rings. The third-order valence-electron chi connectivity index (χ3n) is 4.67. The molecule has 1 aliphatic rings. The zero-order chi connectivity index (χ0) is 18.8. The SMILES string of the molecule is CCNC(=NCC1(CCO)CCOC1)NCCCc1ccc(Br)cc1F. The lowest BCUT2D eigenvalue weighted by Gasteiger charge is -2.24. The monoisotopic (exact) mass is 429 g/mol. The van der Waals surface area contributed by atoms with E-state index in [2.05, 4.69) is 31.6 Å². The van der Waals surface area contributed by atoms with Gasteiger partial charge in [0, 0.05) is 36.2 Å². The summed E-state index contributed by atoms with van der Waals surface area (Å²) in [5, 5.41) is 15.9. The van der Waals surface area contributed by atoms with Crippen LogP contribution in [0.3, 0.4) is 0 Å². The van der Waals surface area contributed by atoms with Crippen molar-refractivity contribution >= 4 is 21.9 Å². The van der Waals surface area contributed by atoms with Crippen LogP contribution in [0, 0.1) is 11.2 Å². The first-order valence-electron chi connectivity index (χ1n) is 9.23. The van der Waals surface area contributed by atoms with Gasteiger partial charge >= 0.3 is 0 Å². The summed E-state index contributed by atoms with van der Waals surface area (Å²) in [5.41, 5.74) is 0.666. The number of hydrogen-bond donors (Lipinski definition) is 3. The number of rotatable bonds is 9. The highest BCUT2D eigenvalue weighted by atomic mass is 79.9. The van der Waals surface area contributed by atoms with E-state index in [4.69, 9.17) is 4.74 Å². The molecule has 0 amide bonds. The van der Waals surface area contributed by atoms with Gasteiger partial charge < -0.3 is 20.5 Å². The molecule has 0 spiro atoms. The fourth-order valence-electron chi connectivity index (χ4n) is 3.09. The number of aryl methyl sites for hydroxylation is 1. The van der Waals surface area contributed by atoms with E-state index >= 15 is 0 Å². The highest BCUT2D eigenvalue weighted by Gasteiger charge is 2.34. The van der Waals surface area contributed by atoms with Gasteiger partial charge in [-0.2, -0.15) is 0 Å². The molecule has 1 unspecified atom stereocenters. The van der Waals surface area contributed by atoms with Crippen LogP contribution < -0.4 is 10.6 Å². The fourth-order valence-corrected chi connectivity index (χ4v) is 3.42. The highest BCUT2D eigenvalue weighted by molar-refractivity contribution is 9.10. The number of halogens is 2. The summed E-state index contributed by atoms with van der Waals surface area (Å²) >= 11 is 3.27. The van der Waals surface area contributed by atoms with Crippen molar-refractivity contribution in [2.45, 2.75) is 32.6 Å². The summed E-state index contributed by atoms with van der Waals surface area (Å²) in [6, 6.07) is 5.18. The summed E-state index contributed by atoms with van der Waals surface area (Å²) in [5.74, 6) is 0.583. The first-order valence-corrected chi connectivity index (χ1v) is 10.0. The molecule has 3 N–H and O–H groups in total. The Morgan fingerprint density at radius 3 is 2.92 bits per heavy atom. The maximum atomic E-state index is 13.8. The molecule has 7 heteroatoms. The molecule has 1 saturated heterocycles. The number of nitrogens with one attached hydrogen (secondary N) is 2. The Bertz CT molecular complexity index is 592. The van der Waals surface area contributed by atoms with Crippen LogP contribution in [0.15, 0.2) is 27.7 Å². The van der Waals surface area contributed by atoms with Gasteiger partial charge in [-0.1, -0.05) is 22.0 Å². The Labute approximate surface area is 163 Å². The second-order valence-electron chi connectivity index (χ2n) is 6.74. The number of aliphatic imine (C=N–C) groups is 1. The van der Waals surface area contributed by atoms with Crippen molar-refractivity contribution in [2.75, 3.05) is 39.5 Å². The molecule has 0 aromatic heterocycles. The van der Waals surface area contributed by atoms with Crippen LogP contribution in [0.4, 0.5) is 4.39 Å². The molecule has 0 bridgehead atoms. The second-order valence-corrected chi connectivity index (χ2v) is 7.65. The van der Waals surface area contributed by atoms with E-state index in [-0.39, 0.29) is 17.8 Å². The molecule has 1 aromatic rings. The van der Waals surface area contributed by atoms with Crippen molar-refractivity contribution in [1.29, 1.82) is 0 Å². The summed E-state index contributed by atoms with van der Waals surface area (Å²) in [6.07, 6.45) is 3.12. The molecule has 26 heavy (non-hydrogen) atoms. The highest BCUT2D eigenvalue weighted by Crippen LogP contribution is 2.32. The van der Waals surface area contributed by atoms with E-state index in [0.29, 0.717) is 32.5 Å². The number of hydrogen-bond acceptors (Lipinski definition) is 3. The summed E-state index contributed by atoms with van der Waals surface area (Å²) in [6.45, 7) is 5.68. The number of aliphatic hydroxyl groups is 1. The topological polar surface area (TPSA) is 65.9 Å². The summed E-state index contributed by atoms with van der Waals surface area (Å²) < 4.78 is 20.1. The first kappa shape index (κ1) is 21.1. The number of benzene rings is 1. The van der Waals surface area contributed by atoms with Crippen LogP contribution in [0.25, 0.3) is 0 Å². The molecule has 0 saturated carbocycles. The van der Waals surface area contributed by atoms with Crippen LogP contribution in [0.2, 0.25) is 0 Å². The van der Waals surface area contributed by atoms with Gasteiger partial charge in [-0.25, -0.2) is 4.39 Å². The average Bonchev–Trinajstić information content (AvgIpc) is 3.07. The average molecular weight is 430 g/mol.